The highest BCUT2D eigenvalue weighted by molar-refractivity contribution is 9.10. The maximum atomic E-state index is 10.0. The topological polar surface area (TPSA) is 32.3 Å². The van der Waals surface area contributed by atoms with Gasteiger partial charge in [-0.05, 0) is 61.1 Å². The molecule has 1 aliphatic carbocycles. The molecule has 2 N–H and O–H groups in total. The van der Waals surface area contributed by atoms with Gasteiger partial charge in [0.1, 0.15) is 0 Å². The SMILES string of the molecule is Cc1ccccc1NC1(CO)CCc2cc(Br)ccc2C1. The lowest BCUT2D eigenvalue weighted by molar-refractivity contribution is 0.196. The number of aliphatic hydroxyl groups is 1. The van der Waals surface area contributed by atoms with Crippen LogP contribution in [0, 0.1) is 6.92 Å². The molecule has 0 fully saturated rings. The van der Waals surface area contributed by atoms with E-state index < -0.39 is 0 Å². The summed E-state index contributed by atoms with van der Waals surface area (Å²) in [5.74, 6) is 0. The third kappa shape index (κ3) is 2.99. The van der Waals surface area contributed by atoms with Crippen molar-refractivity contribution in [3.63, 3.8) is 0 Å². The van der Waals surface area contributed by atoms with Gasteiger partial charge in [-0.2, -0.15) is 0 Å². The molecule has 0 amide bonds. The van der Waals surface area contributed by atoms with Crippen LogP contribution >= 0.6 is 15.9 Å². The Morgan fingerprint density at radius 3 is 2.76 bits per heavy atom. The molecule has 2 nitrogen and oxygen atoms in total. The average molecular weight is 346 g/mol. The quantitative estimate of drug-likeness (QED) is 0.877. The van der Waals surface area contributed by atoms with E-state index >= 15 is 0 Å². The molecule has 1 unspecified atom stereocenters. The highest BCUT2D eigenvalue weighted by atomic mass is 79.9. The Labute approximate surface area is 134 Å². The Balaban J connectivity index is 1.89. The highest BCUT2D eigenvalue weighted by Gasteiger charge is 2.34. The highest BCUT2D eigenvalue weighted by Crippen LogP contribution is 2.33. The van der Waals surface area contributed by atoms with Crippen LogP contribution in [0.5, 0.6) is 0 Å². The van der Waals surface area contributed by atoms with Crippen LogP contribution in [0.2, 0.25) is 0 Å². The number of rotatable bonds is 3. The lowest BCUT2D eigenvalue weighted by atomic mass is 9.78. The third-order valence-corrected chi connectivity index (χ3v) is 4.91. The Hall–Kier alpha value is -1.32. The molecular weight excluding hydrogens is 326 g/mol. The fraction of sp³-hybridized carbons (Fsp3) is 0.333. The number of nitrogens with one attached hydrogen (secondary N) is 1. The molecule has 0 aromatic heterocycles. The fourth-order valence-electron chi connectivity index (χ4n) is 3.11. The van der Waals surface area contributed by atoms with E-state index in [1.807, 2.05) is 12.1 Å². The van der Waals surface area contributed by atoms with Crippen molar-refractivity contribution in [3.05, 3.63) is 63.6 Å². The van der Waals surface area contributed by atoms with Crippen molar-refractivity contribution >= 4 is 21.6 Å². The molecule has 0 heterocycles. The normalized spacial score (nSPS) is 20.9. The lowest BCUT2D eigenvalue weighted by Crippen LogP contribution is -2.47. The minimum Gasteiger partial charge on any atom is -0.394 e. The van der Waals surface area contributed by atoms with Gasteiger partial charge in [0.15, 0.2) is 0 Å². The summed E-state index contributed by atoms with van der Waals surface area (Å²) in [5.41, 5.74) is 4.80. The first-order chi connectivity index (χ1) is 10.1. The Bertz CT molecular complexity index is 655. The van der Waals surface area contributed by atoms with Gasteiger partial charge in [-0.25, -0.2) is 0 Å². The molecule has 0 spiro atoms. The van der Waals surface area contributed by atoms with E-state index in [2.05, 4.69) is 58.5 Å². The predicted octanol–water partition coefficient (Wildman–Crippen LogP) is 4.09. The minimum atomic E-state index is -0.257. The summed E-state index contributed by atoms with van der Waals surface area (Å²) in [4.78, 5) is 0. The molecule has 3 heteroatoms. The second kappa shape index (κ2) is 5.82. The number of hydrogen-bond donors (Lipinski definition) is 2. The number of aryl methyl sites for hydroxylation is 2. The number of halogens is 1. The van der Waals surface area contributed by atoms with Gasteiger partial charge in [-0.1, -0.05) is 40.2 Å². The van der Waals surface area contributed by atoms with Gasteiger partial charge in [0.25, 0.3) is 0 Å². The van der Waals surface area contributed by atoms with Crippen LogP contribution in [-0.2, 0) is 12.8 Å². The number of hydrogen-bond acceptors (Lipinski definition) is 2. The van der Waals surface area contributed by atoms with Gasteiger partial charge in [-0.15, -0.1) is 0 Å². The first-order valence-corrected chi connectivity index (χ1v) is 8.13. The van der Waals surface area contributed by atoms with E-state index in [9.17, 15) is 5.11 Å². The molecule has 1 atom stereocenters. The third-order valence-electron chi connectivity index (χ3n) is 4.42. The van der Waals surface area contributed by atoms with Crippen molar-refractivity contribution in [1.29, 1.82) is 0 Å². The summed E-state index contributed by atoms with van der Waals surface area (Å²) in [5, 5.41) is 13.6. The van der Waals surface area contributed by atoms with Crippen molar-refractivity contribution in [2.45, 2.75) is 31.7 Å². The first-order valence-electron chi connectivity index (χ1n) is 7.34. The monoisotopic (exact) mass is 345 g/mol. The van der Waals surface area contributed by atoms with Crippen LogP contribution in [0.1, 0.15) is 23.1 Å². The Kier molecular flexibility index (Phi) is 4.05. The molecule has 3 rings (SSSR count). The summed E-state index contributed by atoms with van der Waals surface area (Å²) in [6.45, 7) is 2.25. The van der Waals surface area contributed by atoms with Crippen LogP contribution in [-0.4, -0.2) is 17.3 Å². The van der Waals surface area contributed by atoms with E-state index in [-0.39, 0.29) is 12.1 Å². The van der Waals surface area contributed by atoms with Gasteiger partial charge >= 0.3 is 0 Å². The van der Waals surface area contributed by atoms with Gasteiger partial charge < -0.3 is 10.4 Å². The van der Waals surface area contributed by atoms with Crippen molar-refractivity contribution in [3.8, 4) is 0 Å². The molecule has 0 radical (unpaired) electrons. The molecule has 21 heavy (non-hydrogen) atoms. The van der Waals surface area contributed by atoms with Crippen LogP contribution in [0.3, 0.4) is 0 Å². The van der Waals surface area contributed by atoms with E-state index in [4.69, 9.17) is 0 Å². The number of anilines is 1. The number of aliphatic hydroxyl groups excluding tert-OH is 1. The largest absolute Gasteiger partial charge is 0.394 e. The molecule has 0 saturated carbocycles. The fourth-order valence-corrected chi connectivity index (χ4v) is 3.52. The van der Waals surface area contributed by atoms with Crippen LogP contribution in [0.25, 0.3) is 0 Å². The number of fused-ring (bicyclic) bond motifs is 1. The number of para-hydroxylation sites is 1. The standard InChI is InChI=1S/C18H20BrNO/c1-13-4-2-3-5-17(13)20-18(12-21)9-8-14-10-16(19)7-6-15(14)11-18/h2-7,10,20-21H,8-9,11-12H2,1H3. The second-order valence-corrected chi connectivity index (χ2v) is 6.88. The van der Waals surface area contributed by atoms with Crippen LogP contribution in [0.4, 0.5) is 5.69 Å². The van der Waals surface area contributed by atoms with E-state index in [0.717, 1.165) is 29.4 Å². The lowest BCUT2D eigenvalue weighted by Gasteiger charge is -2.39. The second-order valence-electron chi connectivity index (χ2n) is 5.97. The van der Waals surface area contributed by atoms with Crippen LogP contribution < -0.4 is 5.32 Å². The maximum Gasteiger partial charge on any atom is 0.0664 e. The van der Waals surface area contributed by atoms with Crippen molar-refractivity contribution < 1.29 is 5.11 Å². The summed E-state index contributed by atoms with van der Waals surface area (Å²) in [6.07, 6.45) is 2.80. The molecule has 1 aliphatic rings. The van der Waals surface area contributed by atoms with Crippen molar-refractivity contribution in [1.82, 2.24) is 0 Å². The van der Waals surface area contributed by atoms with E-state index in [0.29, 0.717) is 0 Å². The predicted molar refractivity (Wildman–Crippen MR) is 90.8 cm³/mol. The summed E-state index contributed by atoms with van der Waals surface area (Å²) in [7, 11) is 0. The Morgan fingerprint density at radius 2 is 2.00 bits per heavy atom. The van der Waals surface area contributed by atoms with Gasteiger partial charge in [-0.3, -0.25) is 0 Å². The van der Waals surface area contributed by atoms with E-state index in [1.165, 1.54) is 16.7 Å². The summed E-state index contributed by atoms with van der Waals surface area (Å²) in [6, 6.07) is 14.7. The van der Waals surface area contributed by atoms with Gasteiger partial charge in [0.2, 0.25) is 0 Å². The molecule has 0 aliphatic heterocycles. The zero-order chi connectivity index (χ0) is 14.9. The average Bonchev–Trinajstić information content (AvgIpc) is 2.50. The minimum absolute atomic E-state index is 0.150. The molecule has 2 aromatic carbocycles. The molecule has 0 saturated heterocycles. The van der Waals surface area contributed by atoms with Gasteiger partial charge in [0.05, 0.1) is 12.1 Å². The number of benzene rings is 2. The molecule has 2 aromatic rings. The summed E-state index contributed by atoms with van der Waals surface area (Å²) < 4.78 is 1.13. The maximum absolute atomic E-state index is 10.0. The smallest absolute Gasteiger partial charge is 0.0664 e. The van der Waals surface area contributed by atoms with E-state index in [1.54, 1.807) is 0 Å². The molecule has 0 bridgehead atoms. The Morgan fingerprint density at radius 1 is 1.19 bits per heavy atom. The molecular formula is C18H20BrNO. The zero-order valence-corrected chi connectivity index (χ0v) is 13.8. The van der Waals surface area contributed by atoms with Gasteiger partial charge in [0, 0.05) is 10.2 Å². The van der Waals surface area contributed by atoms with Crippen LogP contribution in [0.15, 0.2) is 46.9 Å². The molecule has 110 valence electrons. The summed E-state index contributed by atoms with van der Waals surface area (Å²) >= 11 is 3.53. The van der Waals surface area contributed by atoms with Crippen molar-refractivity contribution in [2.75, 3.05) is 11.9 Å². The zero-order valence-electron chi connectivity index (χ0n) is 12.2. The van der Waals surface area contributed by atoms with Crippen molar-refractivity contribution in [2.24, 2.45) is 0 Å². The first kappa shape index (κ1) is 14.6.